The molecule has 0 heterocycles. The molecular formula is C19H16FN3OS. The third-order valence-electron chi connectivity index (χ3n) is 3.61. The number of halogens is 1. The van der Waals surface area contributed by atoms with Crippen molar-refractivity contribution >= 4 is 34.3 Å². The number of nitrogens with two attached hydrogens (primary N) is 1. The van der Waals surface area contributed by atoms with Crippen molar-refractivity contribution in [3.8, 4) is 5.75 Å². The number of thiocarbonyl (C=S) groups is 1. The first-order valence-corrected chi connectivity index (χ1v) is 8.02. The Kier molecular flexibility index (Phi) is 5.20. The number of benzene rings is 3. The summed E-state index contributed by atoms with van der Waals surface area (Å²) < 4.78 is 18.9. The summed E-state index contributed by atoms with van der Waals surface area (Å²) in [6, 6.07) is 18.0. The number of nitrogens with zero attached hydrogens (tertiary/aromatic N) is 1. The van der Waals surface area contributed by atoms with Crippen LogP contribution in [0.2, 0.25) is 0 Å². The Labute approximate surface area is 150 Å². The summed E-state index contributed by atoms with van der Waals surface area (Å²) in [7, 11) is 0. The van der Waals surface area contributed by atoms with E-state index in [-0.39, 0.29) is 10.9 Å². The van der Waals surface area contributed by atoms with Gasteiger partial charge in [0, 0.05) is 5.56 Å². The second kappa shape index (κ2) is 7.72. The van der Waals surface area contributed by atoms with Crippen LogP contribution in [0.3, 0.4) is 0 Å². The van der Waals surface area contributed by atoms with Gasteiger partial charge in [0.25, 0.3) is 0 Å². The van der Waals surface area contributed by atoms with E-state index < -0.39 is 0 Å². The zero-order valence-corrected chi connectivity index (χ0v) is 14.1. The molecule has 3 aromatic rings. The van der Waals surface area contributed by atoms with E-state index in [4.69, 9.17) is 22.7 Å². The van der Waals surface area contributed by atoms with E-state index in [1.165, 1.54) is 12.1 Å². The lowest BCUT2D eigenvalue weighted by Gasteiger charge is -2.12. The number of rotatable bonds is 5. The van der Waals surface area contributed by atoms with E-state index in [0.717, 1.165) is 21.9 Å². The number of nitrogens with one attached hydrogen (secondary N) is 1. The summed E-state index contributed by atoms with van der Waals surface area (Å²) in [6.45, 7) is 0.322. The number of hydrogen-bond donors (Lipinski definition) is 2. The van der Waals surface area contributed by atoms with Gasteiger partial charge in [-0.25, -0.2) is 4.39 Å². The van der Waals surface area contributed by atoms with Gasteiger partial charge < -0.3 is 10.5 Å². The molecule has 3 N–H and O–H groups in total. The van der Waals surface area contributed by atoms with Crippen molar-refractivity contribution in [2.75, 3.05) is 0 Å². The highest BCUT2D eigenvalue weighted by Gasteiger charge is 2.08. The van der Waals surface area contributed by atoms with Gasteiger partial charge >= 0.3 is 0 Å². The fourth-order valence-corrected chi connectivity index (χ4v) is 2.49. The normalized spacial score (nSPS) is 10.9. The van der Waals surface area contributed by atoms with Crippen LogP contribution >= 0.6 is 12.2 Å². The van der Waals surface area contributed by atoms with Gasteiger partial charge in [-0.2, -0.15) is 5.10 Å². The van der Waals surface area contributed by atoms with E-state index in [1.807, 2.05) is 36.4 Å². The summed E-state index contributed by atoms with van der Waals surface area (Å²) in [5, 5.41) is 6.19. The minimum Gasteiger partial charge on any atom is -0.488 e. The Morgan fingerprint density at radius 3 is 2.64 bits per heavy atom. The minimum atomic E-state index is -0.272. The molecule has 0 atom stereocenters. The predicted molar refractivity (Wildman–Crippen MR) is 102 cm³/mol. The molecule has 0 amide bonds. The largest absolute Gasteiger partial charge is 0.488 e. The average Bonchev–Trinajstić information content (AvgIpc) is 2.62. The van der Waals surface area contributed by atoms with Crippen LogP contribution in [-0.4, -0.2) is 11.3 Å². The second-order valence-corrected chi connectivity index (χ2v) is 5.79. The van der Waals surface area contributed by atoms with Crippen molar-refractivity contribution < 1.29 is 9.13 Å². The molecule has 126 valence electrons. The molecule has 25 heavy (non-hydrogen) atoms. The summed E-state index contributed by atoms with van der Waals surface area (Å²) >= 11 is 4.76. The first-order valence-electron chi connectivity index (χ1n) is 7.61. The lowest BCUT2D eigenvalue weighted by Crippen LogP contribution is -2.24. The third-order valence-corrected chi connectivity index (χ3v) is 3.70. The molecule has 6 heteroatoms. The van der Waals surface area contributed by atoms with Crippen LogP contribution in [0.15, 0.2) is 65.8 Å². The van der Waals surface area contributed by atoms with Crippen LogP contribution in [0, 0.1) is 5.82 Å². The monoisotopic (exact) mass is 353 g/mol. The van der Waals surface area contributed by atoms with Crippen molar-refractivity contribution in [2.45, 2.75) is 6.61 Å². The van der Waals surface area contributed by atoms with Gasteiger partial charge in [0.05, 0.1) is 6.21 Å². The van der Waals surface area contributed by atoms with Gasteiger partial charge in [0.2, 0.25) is 0 Å². The van der Waals surface area contributed by atoms with Crippen LogP contribution in [0.4, 0.5) is 4.39 Å². The maximum absolute atomic E-state index is 13.0. The SMILES string of the molecule is NC(=S)N/N=C\c1c(OCc2ccc(F)cc2)ccc2ccccc12. The highest BCUT2D eigenvalue weighted by atomic mass is 32.1. The Morgan fingerprint density at radius 2 is 1.88 bits per heavy atom. The first kappa shape index (κ1) is 16.9. The summed E-state index contributed by atoms with van der Waals surface area (Å²) in [5.41, 5.74) is 9.63. The molecule has 0 bridgehead atoms. The molecule has 0 aliphatic rings. The van der Waals surface area contributed by atoms with Gasteiger partial charge in [-0.1, -0.05) is 42.5 Å². The van der Waals surface area contributed by atoms with E-state index >= 15 is 0 Å². The summed E-state index contributed by atoms with van der Waals surface area (Å²) in [5.74, 6) is 0.391. The molecule has 3 aromatic carbocycles. The molecule has 0 unspecified atom stereocenters. The molecule has 0 saturated carbocycles. The Morgan fingerprint density at radius 1 is 1.12 bits per heavy atom. The molecule has 0 aliphatic carbocycles. The zero-order chi connectivity index (χ0) is 17.6. The summed E-state index contributed by atoms with van der Waals surface area (Å²) in [6.07, 6.45) is 1.63. The van der Waals surface area contributed by atoms with Crippen molar-refractivity contribution in [2.24, 2.45) is 10.8 Å². The lowest BCUT2D eigenvalue weighted by molar-refractivity contribution is 0.306. The maximum Gasteiger partial charge on any atom is 0.184 e. The van der Waals surface area contributed by atoms with Gasteiger partial charge in [-0.3, -0.25) is 5.43 Å². The van der Waals surface area contributed by atoms with Crippen molar-refractivity contribution in [1.82, 2.24) is 5.43 Å². The molecule has 4 nitrogen and oxygen atoms in total. The highest BCUT2D eigenvalue weighted by Crippen LogP contribution is 2.27. The van der Waals surface area contributed by atoms with Gasteiger partial charge in [-0.15, -0.1) is 0 Å². The second-order valence-electron chi connectivity index (χ2n) is 5.35. The molecular weight excluding hydrogens is 337 g/mol. The van der Waals surface area contributed by atoms with Crippen LogP contribution in [0.25, 0.3) is 10.8 Å². The number of ether oxygens (including phenoxy) is 1. The topological polar surface area (TPSA) is 59.6 Å². The molecule has 0 fully saturated rings. The Hall–Kier alpha value is -2.99. The van der Waals surface area contributed by atoms with Gasteiger partial charge in [-0.05, 0) is 46.8 Å². The van der Waals surface area contributed by atoms with Crippen LogP contribution < -0.4 is 15.9 Å². The van der Waals surface area contributed by atoms with Crippen LogP contribution in [-0.2, 0) is 6.61 Å². The fourth-order valence-electron chi connectivity index (χ4n) is 2.44. The molecule has 0 aromatic heterocycles. The minimum absolute atomic E-state index is 0.0882. The fraction of sp³-hybridized carbons (Fsp3) is 0.0526. The van der Waals surface area contributed by atoms with E-state index in [9.17, 15) is 4.39 Å². The Bertz CT molecular complexity index is 926. The molecule has 3 rings (SSSR count). The van der Waals surface area contributed by atoms with Crippen molar-refractivity contribution in [3.05, 3.63) is 77.6 Å². The van der Waals surface area contributed by atoms with E-state index in [2.05, 4.69) is 10.5 Å². The molecule has 0 saturated heterocycles. The molecule has 0 spiro atoms. The van der Waals surface area contributed by atoms with E-state index in [0.29, 0.717) is 12.4 Å². The Balaban J connectivity index is 1.91. The molecule has 0 radical (unpaired) electrons. The smallest absolute Gasteiger partial charge is 0.184 e. The highest BCUT2D eigenvalue weighted by molar-refractivity contribution is 7.80. The first-order chi connectivity index (χ1) is 12.1. The van der Waals surface area contributed by atoms with E-state index in [1.54, 1.807) is 18.3 Å². The molecule has 0 aliphatic heterocycles. The van der Waals surface area contributed by atoms with Crippen molar-refractivity contribution in [3.63, 3.8) is 0 Å². The van der Waals surface area contributed by atoms with Crippen molar-refractivity contribution in [1.29, 1.82) is 0 Å². The van der Waals surface area contributed by atoms with Gasteiger partial charge in [0.1, 0.15) is 18.2 Å². The standard InChI is InChI=1S/C19H16FN3OS/c20-15-8-5-13(6-9-15)12-24-18-10-7-14-3-1-2-4-16(14)17(18)11-22-23-19(21)25/h1-11H,12H2,(H3,21,23,25)/b22-11-. The zero-order valence-electron chi connectivity index (χ0n) is 13.3. The van der Waals surface area contributed by atoms with Crippen LogP contribution in [0.1, 0.15) is 11.1 Å². The number of hydrazone groups is 1. The van der Waals surface area contributed by atoms with Gasteiger partial charge in [0.15, 0.2) is 5.11 Å². The quantitative estimate of drug-likeness (QED) is 0.417. The summed E-state index contributed by atoms with van der Waals surface area (Å²) in [4.78, 5) is 0. The third kappa shape index (κ3) is 4.30. The number of fused-ring (bicyclic) bond motifs is 1. The van der Waals surface area contributed by atoms with Crippen LogP contribution in [0.5, 0.6) is 5.75 Å². The number of hydrogen-bond acceptors (Lipinski definition) is 3. The lowest BCUT2D eigenvalue weighted by atomic mass is 10.0. The predicted octanol–water partition coefficient (Wildman–Crippen LogP) is 3.73. The maximum atomic E-state index is 13.0. The average molecular weight is 353 g/mol.